The summed E-state index contributed by atoms with van der Waals surface area (Å²) >= 11 is 0. The topological polar surface area (TPSA) is 17.1 Å². The van der Waals surface area contributed by atoms with Crippen LogP contribution in [0.25, 0.3) is 0 Å². The van der Waals surface area contributed by atoms with E-state index in [-0.39, 0.29) is 5.41 Å². The molecule has 0 unspecified atom stereocenters. The first kappa shape index (κ1) is 18.3. The van der Waals surface area contributed by atoms with Gasteiger partial charge in [-0.05, 0) is 61.3 Å². The zero-order valence-corrected chi connectivity index (χ0v) is 14.2. The van der Waals surface area contributed by atoms with E-state index in [9.17, 15) is 9.18 Å². The van der Waals surface area contributed by atoms with Gasteiger partial charge in [-0.15, -0.1) is 0 Å². The fourth-order valence-electron chi connectivity index (χ4n) is 2.83. The standard InChI is InChI=1S/C20H27FO/c1-16(12-14-22)7-5-9-18(15-21)10-11-19-17(2)8-6-13-20(19,3)4/h5,7,9-12,14H,6,8,13,15H2,1-4H3/b7-5+,11-10+,16-12+,18-9-. The van der Waals surface area contributed by atoms with Crippen LogP contribution < -0.4 is 0 Å². The fourth-order valence-corrected chi connectivity index (χ4v) is 2.83. The van der Waals surface area contributed by atoms with E-state index in [1.54, 1.807) is 18.2 Å². The summed E-state index contributed by atoms with van der Waals surface area (Å²) in [5, 5.41) is 0. The van der Waals surface area contributed by atoms with Crippen molar-refractivity contribution in [2.75, 3.05) is 6.67 Å². The van der Waals surface area contributed by atoms with Crippen molar-refractivity contribution in [2.24, 2.45) is 5.41 Å². The maximum atomic E-state index is 13.1. The highest BCUT2D eigenvalue weighted by Gasteiger charge is 2.26. The van der Waals surface area contributed by atoms with Gasteiger partial charge in [0.2, 0.25) is 0 Å². The number of halogens is 1. The Kier molecular flexibility index (Phi) is 7.23. The Morgan fingerprint density at radius 2 is 2.00 bits per heavy atom. The molecule has 22 heavy (non-hydrogen) atoms. The van der Waals surface area contributed by atoms with E-state index < -0.39 is 6.67 Å². The van der Waals surface area contributed by atoms with Crippen molar-refractivity contribution in [2.45, 2.75) is 47.0 Å². The number of carbonyl (C=O) groups is 1. The van der Waals surface area contributed by atoms with Crippen LogP contribution in [0, 0.1) is 5.41 Å². The molecule has 0 spiro atoms. The molecule has 1 aliphatic rings. The van der Waals surface area contributed by atoms with E-state index in [2.05, 4.69) is 26.8 Å². The molecule has 0 aliphatic heterocycles. The highest BCUT2D eigenvalue weighted by Crippen LogP contribution is 2.40. The third-order valence-corrected chi connectivity index (χ3v) is 4.16. The predicted octanol–water partition coefficient (Wildman–Crippen LogP) is 5.67. The number of aldehydes is 1. The highest BCUT2D eigenvalue weighted by molar-refractivity contribution is 5.66. The molecule has 2 heteroatoms. The van der Waals surface area contributed by atoms with Crippen molar-refractivity contribution in [1.82, 2.24) is 0 Å². The summed E-state index contributed by atoms with van der Waals surface area (Å²) < 4.78 is 13.1. The Hall–Kier alpha value is -1.70. The average Bonchev–Trinajstić information content (AvgIpc) is 2.44. The Morgan fingerprint density at radius 3 is 2.59 bits per heavy atom. The predicted molar refractivity (Wildman–Crippen MR) is 92.5 cm³/mol. The summed E-state index contributed by atoms with van der Waals surface area (Å²) in [4.78, 5) is 10.3. The van der Waals surface area contributed by atoms with E-state index in [0.29, 0.717) is 5.57 Å². The SMILES string of the molecule is CC1=C(/C=C/C(=C/C=C/C(C)=C/C=O)CF)C(C)(C)CCC1. The van der Waals surface area contributed by atoms with Gasteiger partial charge in [0.1, 0.15) is 13.0 Å². The maximum absolute atomic E-state index is 13.1. The number of alkyl halides is 1. The molecule has 0 saturated heterocycles. The Bertz CT molecular complexity index is 542. The van der Waals surface area contributed by atoms with Gasteiger partial charge in [0, 0.05) is 0 Å². The fraction of sp³-hybridized carbons (Fsp3) is 0.450. The number of rotatable bonds is 6. The third-order valence-electron chi connectivity index (χ3n) is 4.16. The van der Waals surface area contributed by atoms with Crippen LogP contribution in [-0.2, 0) is 4.79 Å². The minimum atomic E-state index is -0.496. The Morgan fingerprint density at radius 1 is 1.27 bits per heavy atom. The van der Waals surface area contributed by atoms with Crippen LogP contribution in [0.1, 0.15) is 47.0 Å². The molecule has 0 heterocycles. The summed E-state index contributed by atoms with van der Waals surface area (Å²) in [6.07, 6.45) is 15.0. The minimum absolute atomic E-state index is 0.166. The lowest BCUT2D eigenvalue weighted by atomic mass is 9.72. The van der Waals surface area contributed by atoms with Gasteiger partial charge < -0.3 is 0 Å². The smallest absolute Gasteiger partial charge is 0.143 e. The number of hydrogen-bond acceptors (Lipinski definition) is 1. The van der Waals surface area contributed by atoms with Crippen LogP contribution in [0.3, 0.4) is 0 Å². The van der Waals surface area contributed by atoms with Crippen LogP contribution in [0.2, 0.25) is 0 Å². The van der Waals surface area contributed by atoms with Crippen molar-refractivity contribution in [1.29, 1.82) is 0 Å². The molecule has 0 fully saturated rings. The van der Waals surface area contributed by atoms with Crippen molar-refractivity contribution in [3.63, 3.8) is 0 Å². The van der Waals surface area contributed by atoms with Gasteiger partial charge in [-0.25, -0.2) is 4.39 Å². The van der Waals surface area contributed by atoms with E-state index in [4.69, 9.17) is 0 Å². The molecule has 120 valence electrons. The van der Waals surface area contributed by atoms with Gasteiger partial charge in [0.15, 0.2) is 0 Å². The van der Waals surface area contributed by atoms with Gasteiger partial charge in [-0.2, -0.15) is 0 Å². The molecule has 0 radical (unpaired) electrons. The van der Waals surface area contributed by atoms with E-state index in [1.807, 2.05) is 13.0 Å². The Labute approximate surface area is 134 Å². The van der Waals surface area contributed by atoms with Gasteiger partial charge >= 0.3 is 0 Å². The van der Waals surface area contributed by atoms with Crippen LogP contribution in [-0.4, -0.2) is 13.0 Å². The first-order valence-corrected chi connectivity index (χ1v) is 7.84. The van der Waals surface area contributed by atoms with Crippen molar-refractivity contribution < 1.29 is 9.18 Å². The summed E-state index contributed by atoms with van der Waals surface area (Å²) in [5.74, 6) is 0. The first-order valence-electron chi connectivity index (χ1n) is 7.84. The van der Waals surface area contributed by atoms with Gasteiger partial charge in [0.25, 0.3) is 0 Å². The molecule has 0 aromatic carbocycles. The second kappa shape index (κ2) is 8.67. The molecule has 0 saturated carbocycles. The molecule has 0 amide bonds. The van der Waals surface area contributed by atoms with E-state index >= 15 is 0 Å². The zero-order valence-electron chi connectivity index (χ0n) is 14.2. The quantitative estimate of drug-likeness (QED) is 0.351. The van der Waals surface area contributed by atoms with Gasteiger partial charge in [-0.3, -0.25) is 4.79 Å². The molecule has 1 rings (SSSR count). The van der Waals surface area contributed by atoms with Crippen molar-refractivity contribution >= 4 is 6.29 Å². The third kappa shape index (κ3) is 5.59. The highest BCUT2D eigenvalue weighted by atomic mass is 19.1. The summed E-state index contributed by atoms with van der Waals surface area (Å²) in [6.45, 7) is 8.02. The minimum Gasteiger partial charge on any atom is -0.299 e. The molecule has 0 atom stereocenters. The summed E-state index contributed by atoms with van der Waals surface area (Å²) in [7, 11) is 0. The van der Waals surface area contributed by atoms with Crippen molar-refractivity contribution in [3.05, 3.63) is 58.7 Å². The molecular formula is C20H27FO. The maximum Gasteiger partial charge on any atom is 0.143 e. The van der Waals surface area contributed by atoms with E-state index in [0.717, 1.165) is 18.3 Å². The molecule has 0 bridgehead atoms. The second-order valence-electron chi connectivity index (χ2n) is 6.55. The number of hydrogen-bond donors (Lipinski definition) is 0. The molecule has 1 aliphatic carbocycles. The number of allylic oxidation sites excluding steroid dienone is 10. The second-order valence-corrected chi connectivity index (χ2v) is 6.55. The summed E-state index contributed by atoms with van der Waals surface area (Å²) in [6, 6.07) is 0. The molecular weight excluding hydrogens is 275 g/mol. The largest absolute Gasteiger partial charge is 0.299 e. The molecule has 0 aromatic heterocycles. The molecule has 1 nitrogen and oxygen atoms in total. The molecule has 0 N–H and O–H groups in total. The van der Waals surface area contributed by atoms with Crippen LogP contribution in [0.15, 0.2) is 58.7 Å². The zero-order chi connectivity index (χ0) is 16.6. The van der Waals surface area contributed by atoms with Gasteiger partial charge in [-0.1, -0.05) is 49.8 Å². The van der Waals surface area contributed by atoms with Crippen LogP contribution >= 0.6 is 0 Å². The monoisotopic (exact) mass is 302 g/mol. The van der Waals surface area contributed by atoms with Crippen LogP contribution in [0.4, 0.5) is 4.39 Å². The average molecular weight is 302 g/mol. The first-order chi connectivity index (χ1) is 10.4. The normalized spacial score (nSPS) is 20.2. The lowest BCUT2D eigenvalue weighted by Gasteiger charge is -2.32. The lowest BCUT2D eigenvalue weighted by Crippen LogP contribution is -2.19. The Balaban J connectivity index is 2.89. The van der Waals surface area contributed by atoms with E-state index in [1.165, 1.54) is 30.1 Å². The van der Waals surface area contributed by atoms with Crippen LogP contribution in [0.5, 0.6) is 0 Å². The summed E-state index contributed by atoms with van der Waals surface area (Å²) in [5.41, 5.74) is 4.39. The number of carbonyl (C=O) groups excluding carboxylic acids is 1. The lowest BCUT2D eigenvalue weighted by molar-refractivity contribution is -0.104. The van der Waals surface area contributed by atoms with Crippen molar-refractivity contribution in [3.8, 4) is 0 Å². The van der Waals surface area contributed by atoms with Gasteiger partial charge in [0.05, 0.1) is 0 Å². The molecule has 0 aromatic rings.